The fraction of sp³-hybridized carbons (Fsp3) is 0.0588. The van der Waals surface area contributed by atoms with Gasteiger partial charge in [0.15, 0.2) is 33.9 Å². The molecular weight excluding hydrogens is 344 g/mol. The summed E-state index contributed by atoms with van der Waals surface area (Å²) in [5, 5.41) is -0.0403. The fourth-order valence-corrected chi connectivity index (χ4v) is 2.33. The van der Waals surface area contributed by atoms with E-state index in [-0.39, 0.29) is 22.4 Å². The van der Waals surface area contributed by atoms with E-state index in [0.717, 1.165) is 0 Å². The van der Waals surface area contributed by atoms with Crippen LogP contribution in [0.15, 0.2) is 48.8 Å². The Labute approximate surface area is 148 Å². The molecule has 1 aromatic carbocycles. The number of halogens is 1. The highest BCUT2D eigenvalue weighted by atomic mass is 35.5. The standard InChI is InChI=1S/C17H13ClN4O3/c1-24-11-4-2-3-5-12(11)25-14-13(16(19)23)21-17(22-15(14)18)10-6-8-20-9-7-10/h2-9H,1H3,(H2,19,23). The molecule has 2 N–H and O–H groups in total. The molecule has 25 heavy (non-hydrogen) atoms. The van der Waals surface area contributed by atoms with Crippen LogP contribution in [0.2, 0.25) is 5.15 Å². The van der Waals surface area contributed by atoms with Crippen molar-refractivity contribution in [1.82, 2.24) is 15.0 Å². The van der Waals surface area contributed by atoms with Gasteiger partial charge in [0.25, 0.3) is 5.91 Å². The molecule has 0 spiro atoms. The smallest absolute Gasteiger partial charge is 0.271 e. The van der Waals surface area contributed by atoms with E-state index in [1.165, 1.54) is 7.11 Å². The number of aromatic nitrogens is 3. The summed E-state index contributed by atoms with van der Waals surface area (Å²) in [5.74, 6) is 0.247. The molecule has 8 heteroatoms. The Balaban J connectivity index is 2.09. The molecule has 3 rings (SSSR count). The van der Waals surface area contributed by atoms with Crippen LogP contribution in [-0.2, 0) is 0 Å². The molecule has 2 heterocycles. The van der Waals surface area contributed by atoms with E-state index < -0.39 is 5.91 Å². The monoisotopic (exact) mass is 356 g/mol. The van der Waals surface area contributed by atoms with Crippen molar-refractivity contribution in [2.24, 2.45) is 5.73 Å². The second-order valence-electron chi connectivity index (χ2n) is 4.87. The summed E-state index contributed by atoms with van der Waals surface area (Å²) in [6.45, 7) is 0. The minimum absolute atomic E-state index is 0.0310. The number of ether oxygens (including phenoxy) is 2. The van der Waals surface area contributed by atoms with Gasteiger partial charge >= 0.3 is 0 Å². The maximum absolute atomic E-state index is 11.9. The number of benzene rings is 1. The average molecular weight is 357 g/mol. The van der Waals surface area contributed by atoms with Crippen LogP contribution in [0, 0.1) is 0 Å². The molecule has 1 amide bonds. The first-order chi connectivity index (χ1) is 12.1. The third-order valence-corrected chi connectivity index (χ3v) is 3.53. The third kappa shape index (κ3) is 3.51. The van der Waals surface area contributed by atoms with E-state index in [9.17, 15) is 4.79 Å². The van der Waals surface area contributed by atoms with Crippen LogP contribution in [0.1, 0.15) is 10.5 Å². The highest BCUT2D eigenvalue weighted by Crippen LogP contribution is 2.36. The van der Waals surface area contributed by atoms with Crippen LogP contribution >= 0.6 is 11.6 Å². The molecule has 0 atom stereocenters. The molecular formula is C17H13ClN4O3. The van der Waals surface area contributed by atoms with Gasteiger partial charge in [0.1, 0.15) is 0 Å². The largest absolute Gasteiger partial charge is 0.493 e. The number of nitrogens with two attached hydrogens (primary N) is 1. The summed E-state index contributed by atoms with van der Waals surface area (Å²) < 4.78 is 10.9. The number of hydrogen-bond acceptors (Lipinski definition) is 6. The Hall–Kier alpha value is -3.19. The number of carbonyl (C=O) groups excluding carboxylic acids is 1. The van der Waals surface area contributed by atoms with E-state index in [4.69, 9.17) is 26.8 Å². The molecule has 0 radical (unpaired) electrons. The molecule has 2 aromatic heterocycles. The van der Waals surface area contributed by atoms with Crippen molar-refractivity contribution < 1.29 is 14.3 Å². The molecule has 0 aliphatic heterocycles. The molecule has 0 unspecified atom stereocenters. The first kappa shape index (κ1) is 16.7. The quantitative estimate of drug-likeness (QED) is 0.705. The molecule has 126 valence electrons. The lowest BCUT2D eigenvalue weighted by Crippen LogP contribution is -2.16. The third-order valence-electron chi connectivity index (χ3n) is 3.28. The van der Waals surface area contributed by atoms with Crippen LogP contribution in [0.5, 0.6) is 17.2 Å². The lowest BCUT2D eigenvalue weighted by atomic mass is 10.2. The molecule has 0 bridgehead atoms. The van der Waals surface area contributed by atoms with Crippen molar-refractivity contribution >= 4 is 17.5 Å². The van der Waals surface area contributed by atoms with Crippen molar-refractivity contribution in [3.63, 3.8) is 0 Å². The van der Waals surface area contributed by atoms with Gasteiger partial charge in [-0.3, -0.25) is 9.78 Å². The fourth-order valence-electron chi connectivity index (χ4n) is 2.12. The van der Waals surface area contributed by atoms with Crippen LogP contribution in [0.25, 0.3) is 11.4 Å². The van der Waals surface area contributed by atoms with Crippen molar-refractivity contribution in [2.45, 2.75) is 0 Å². The number of rotatable bonds is 5. The maximum Gasteiger partial charge on any atom is 0.271 e. The Morgan fingerprint density at radius 3 is 2.40 bits per heavy atom. The number of primary amides is 1. The van der Waals surface area contributed by atoms with Gasteiger partial charge in [0, 0.05) is 18.0 Å². The molecule has 0 fully saturated rings. The minimum atomic E-state index is -0.787. The summed E-state index contributed by atoms with van der Waals surface area (Å²) in [6, 6.07) is 10.3. The van der Waals surface area contributed by atoms with Crippen molar-refractivity contribution in [2.75, 3.05) is 7.11 Å². The zero-order valence-electron chi connectivity index (χ0n) is 13.1. The number of nitrogens with zero attached hydrogens (tertiary/aromatic N) is 3. The van der Waals surface area contributed by atoms with Crippen molar-refractivity contribution in [3.8, 4) is 28.6 Å². The SMILES string of the molecule is COc1ccccc1Oc1c(Cl)nc(-c2ccncc2)nc1C(N)=O. The molecule has 0 aliphatic carbocycles. The number of amides is 1. The van der Waals surface area contributed by atoms with Gasteiger partial charge in [-0.2, -0.15) is 0 Å². The van der Waals surface area contributed by atoms with Gasteiger partial charge in [-0.1, -0.05) is 23.7 Å². The summed E-state index contributed by atoms with van der Waals surface area (Å²) >= 11 is 6.23. The van der Waals surface area contributed by atoms with Gasteiger partial charge in [-0.25, -0.2) is 9.97 Å². The highest BCUT2D eigenvalue weighted by Gasteiger charge is 2.21. The topological polar surface area (TPSA) is 100 Å². The summed E-state index contributed by atoms with van der Waals surface area (Å²) in [7, 11) is 1.50. The van der Waals surface area contributed by atoms with Gasteiger partial charge in [0.05, 0.1) is 7.11 Å². The minimum Gasteiger partial charge on any atom is -0.493 e. The number of hydrogen-bond donors (Lipinski definition) is 1. The number of pyridine rings is 1. The normalized spacial score (nSPS) is 10.3. The number of methoxy groups -OCH3 is 1. The van der Waals surface area contributed by atoms with Crippen molar-refractivity contribution in [1.29, 1.82) is 0 Å². The Morgan fingerprint density at radius 2 is 1.76 bits per heavy atom. The van der Waals surface area contributed by atoms with Crippen LogP contribution < -0.4 is 15.2 Å². The van der Waals surface area contributed by atoms with E-state index in [1.807, 2.05) is 0 Å². The van der Waals surface area contributed by atoms with Gasteiger partial charge in [-0.05, 0) is 24.3 Å². The van der Waals surface area contributed by atoms with Gasteiger partial charge in [0.2, 0.25) is 0 Å². The van der Waals surface area contributed by atoms with Gasteiger partial charge < -0.3 is 15.2 Å². The Kier molecular flexibility index (Phi) is 4.76. The first-order valence-corrected chi connectivity index (χ1v) is 7.56. The lowest BCUT2D eigenvalue weighted by Gasteiger charge is -2.13. The number of para-hydroxylation sites is 2. The Morgan fingerprint density at radius 1 is 1.08 bits per heavy atom. The maximum atomic E-state index is 11.9. The average Bonchev–Trinajstić information content (AvgIpc) is 2.64. The zero-order valence-corrected chi connectivity index (χ0v) is 13.9. The highest BCUT2D eigenvalue weighted by molar-refractivity contribution is 6.31. The second-order valence-corrected chi connectivity index (χ2v) is 5.23. The molecule has 0 saturated carbocycles. The van der Waals surface area contributed by atoms with Crippen LogP contribution in [-0.4, -0.2) is 28.0 Å². The summed E-state index contributed by atoms with van der Waals surface area (Å²) in [6.07, 6.45) is 3.16. The molecule has 3 aromatic rings. The van der Waals surface area contributed by atoms with Gasteiger partial charge in [-0.15, -0.1) is 0 Å². The summed E-state index contributed by atoms with van der Waals surface area (Å²) in [4.78, 5) is 24.2. The number of carbonyl (C=O) groups is 1. The predicted molar refractivity (Wildman–Crippen MR) is 91.9 cm³/mol. The zero-order chi connectivity index (χ0) is 17.8. The van der Waals surface area contributed by atoms with E-state index in [1.54, 1.807) is 48.8 Å². The molecule has 7 nitrogen and oxygen atoms in total. The van der Waals surface area contributed by atoms with Crippen LogP contribution in [0.4, 0.5) is 0 Å². The van der Waals surface area contributed by atoms with E-state index in [0.29, 0.717) is 17.1 Å². The van der Waals surface area contributed by atoms with Crippen LogP contribution in [0.3, 0.4) is 0 Å². The first-order valence-electron chi connectivity index (χ1n) is 7.18. The second kappa shape index (κ2) is 7.14. The molecule has 0 saturated heterocycles. The van der Waals surface area contributed by atoms with E-state index in [2.05, 4.69) is 15.0 Å². The lowest BCUT2D eigenvalue weighted by molar-refractivity contribution is 0.0993. The van der Waals surface area contributed by atoms with Crippen molar-refractivity contribution in [3.05, 3.63) is 59.6 Å². The molecule has 0 aliphatic rings. The van der Waals surface area contributed by atoms with E-state index >= 15 is 0 Å². The summed E-state index contributed by atoms with van der Waals surface area (Å²) in [5.41, 5.74) is 5.96. The predicted octanol–water partition coefficient (Wildman–Crippen LogP) is 3.09. The Bertz CT molecular complexity index is 919.